The van der Waals surface area contributed by atoms with Crippen molar-refractivity contribution in [2.24, 2.45) is 0 Å². The minimum Gasteiger partial charge on any atom is -0.494 e. The number of nitrogen functional groups attached to an aromatic ring is 1. The highest BCUT2D eigenvalue weighted by Gasteiger charge is 2.07. The zero-order valence-electron chi connectivity index (χ0n) is 10.8. The Labute approximate surface area is 107 Å². The van der Waals surface area contributed by atoms with E-state index in [0.29, 0.717) is 6.61 Å². The lowest BCUT2D eigenvalue weighted by Gasteiger charge is -2.05. The average molecular weight is 246 g/mol. The fraction of sp³-hybridized carbons (Fsp3) is 0.357. The van der Waals surface area contributed by atoms with Crippen molar-refractivity contribution in [3.05, 3.63) is 41.3 Å². The Kier molecular flexibility index (Phi) is 3.87. The number of anilines is 1. The highest BCUT2D eigenvalue weighted by atomic mass is 16.5. The summed E-state index contributed by atoms with van der Waals surface area (Å²) < 4.78 is 10.8. The Balaban J connectivity index is 2.01. The largest absolute Gasteiger partial charge is 0.494 e. The van der Waals surface area contributed by atoms with E-state index in [2.05, 4.69) is 17.1 Å². The molecule has 1 heterocycles. The summed E-state index contributed by atoms with van der Waals surface area (Å²) in [5.41, 5.74) is 7.60. The molecule has 0 aliphatic carbocycles. The standard InChI is InChI=1S/C14H18N2O2/c1-3-17-12-6-4-5-11(9-12)7-8-13-10(2)16-14(15)18-13/h4-6,9H,3,7-8H2,1-2H3,(H2,15,16). The SMILES string of the molecule is CCOc1cccc(CCc2oc(N)nc2C)c1. The number of ether oxygens (including phenoxy) is 1. The third-order valence-electron chi connectivity index (χ3n) is 2.76. The van der Waals surface area contributed by atoms with E-state index in [1.807, 2.05) is 26.0 Å². The van der Waals surface area contributed by atoms with Gasteiger partial charge in [-0.05, 0) is 38.0 Å². The summed E-state index contributed by atoms with van der Waals surface area (Å²) >= 11 is 0. The fourth-order valence-electron chi connectivity index (χ4n) is 1.90. The average Bonchev–Trinajstić information content (AvgIpc) is 2.66. The third-order valence-corrected chi connectivity index (χ3v) is 2.76. The molecule has 4 heteroatoms. The Morgan fingerprint density at radius 3 is 2.83 bits per heavy atom. The van der Waals surface area contributed by atoms with Crippen LogP contribution in [-0.2, 0) is 12.8 Å². The van der Waals surface area contributed by atoms with E-state index >= 15 is 0 Å². The molecular formula is C14H18N2O2. The molecular weight excluding hydrogens is 228 g/mol. The molecule has 2 N–H and O–H groups in total. The number of benzene rings is 1. The van der Waals surface area contributed by atoms with Crippen molar-refractivity contribution in [2.75, 3.05) is 12.3 Å². The van der Waals surface area contributed by atoms with Gasteiger partial charge in [-0.15, -0.1) is 0 Å². The number of hydrogen-bond acceptors (Lipinski definition) is 4. The number of oxazole rings is 1. The van der Waals surface area contributed by atoms with Crippen LogP contribution >= 0.6 is 0 Å². The number of hydrogen-bond donors (Lipinski definition) is 1. The van der Waals surface area contributed by atoms with Crippen LogP contribution in [0.4, 0.5) is 6.01 Å². The van der Waals surface area contributed by atoms with E-state index in [1.54, 1.807) is 0 Å². The minimum absolute atomic E-state index is 0.241. The lowest BCUT2D eigenvalue weighted by atomic mass is 10.1. The molecule has 0 fully saturated rings. The molecule has 4 nitrogen and oxygen atoms in total. The molecule has 0 amide bonds. The van der Waals surface area contributed by atoms with E-state index in [0.717, 1.165) is 30.0 Å². The van der Waals surface area contributed by atoms with Crippen LogP contribution in [0.15, 0.2) is 28.7 Å². The van der Waals surface area contributed by atoms with E-state index in [1.165, 1.54) is 5.56 Å². The van der Waals surface area contributed by atoms with Gasteiger partial charge in [0, 0.05) is 6.42 Å². The Morgan fingerprint density at radius 1 is 1.33 bits per heavy atom. The van der Waals surface area contributed by atoms with E-state index < -0.39 is 0 Å². The van der Waals surface area contributed by atoms with Crippen LogP contribution in [0.3, 0.4) is 0 Å². The number of nitrogens with zero attached hydrogens (tertiary/aromatic N) is 1. The van der Waals surface area contributed by atoms with E-state index in [9.17, 15) is 0 Å². The van der Waals surface area contributed by atoms with Crippen LogP contribution in [0.5, 0.6) is 5.75 Å². The van der Waals surface area contributed by atoms with Gasteiger partial charge in [-0.25, -0.2) is 0 Å². The van der Waals surface area contributed by atoms with Crippen molar-refractivity contribution in [1.29, 1.82) is 0 Å². The number of rotatable bonds is 5. The quantitative estimate of drug-likeness (QED) is 0.881. The molecule has 0 aliphatic heterocycles. The van der Waals surface area contributed by atoms with Gasteiger partial charge in [0.05, 0.1) is 12.3 Å². The molecule has 0 spiro atoms. The first-order valence-electron chi connectivity index (χ1n) is 6.12. The molecule has 0 aliphatic rings. The van der Waals surface area contributed by atoms with Crippen molar-refractivity contribution < 1.29 is 9.15 Å². The third kappa shape index (κ3) is 3.03. The maximum Gasteiger partial charge on any atom is 0.292 e. The summed E-state index contributed by atoms with van der Waals surface area (Å²) in [6.07, 6.45) is 1.68. The molecule has 96 valence electrons. The second-order valence-electron chi connectivity index (χ2n) is 4.14. The van der Waals surface area contributed by atoms with E-state index in [-0.39, 0.29) is 6.01 Å². The summed E-state index contributed by atoms with van der Waals surface area (Å²) in [5, 5.41) is 0. The van der Waals surface area contributed by atoms with Gasteiger partial charge < -0.3 is 14.9 Å². The molecule has 2 aromatic rings. The maximum atomic E-state index is 5.51. The first-order valence-corrected chi connectivity index (χ1v) is 6.12. The van der Waals surface area contributed by atoms with Crippen LogP contribution < -0.4 is 10.5 Å². The Morgan fingerprint density at radius 2 is 2.17 bits per heavy atom. The monoisotopic (exact) mass is 246 g/mol. The van der Waals surface area contributed by atoms with Crippen molar-refractivity contribution >= 4 is 6.01 Å². The summed E-state index contributed by atoms with van der Waals surface area (Å²) in [7, 11) is 0. The van der Waals surface area contributed by atoms with Gasteiger partial charge in [-0.1, -0.05) is 12.1 Å². The Hall–Kier alpha value is -1.97. The molecule has 2 rings (SSSR count). The van der Waals surface area contributed by atoms with Gasteiger partial charge in [0.15, 0.2) is 0 Å². The summed E-state index contributed by atoms with van der Waals surface area (Å²) in [4.78, 5) is 4.06. The minimum atomic E-state index is 0.241. The van der Waals surface area contributed by atoms with E-state index in [4.69, 9.17) is 14.9 Å². The van der Waals surface area contributed by atoms with Crippen molar-refractivity contribution in [3.8, 4) is 5.75 Å². The first-order chi connectivity index (χ1) is 8.69. The van der Waals surface area contributed by atoms with Crippen LogP contribution in [0.2, 0.25) is 0 Å². The molecule has 18 heavy (non-hydrogen) atoms. The highest BCUT2D eigenvalue weighted by molar-refractivity contribution is 5.29. The van der Waals surface area contributed by atoms with Crippen molar-refractivity contribution in [2.45, 2.75) is 26.7 Å². The smallest absolute Gasteiger partial charge is 0.292 e. The van der Waals surface area contributed by atoms with Gasteiger partial charge in [0.25, 0.3) is 6.01 Å². The maximum absolute atomic E-state index is 5.51. The number of aromatic nitrogens is 1. The highest BCUT2D eigenvalue weighted by Crippen LogP contribution is 2.17. The molecule has 0 radical (unpaired) electrons. The molecule has 1 aromatic carbocycles. The van der Waals surface area contributed by atoms with Crippen LogP contribution in [-0.4, -0.2) is 11.6 Å². The summed E-state index contributed by atoms with van der Waals surface area (Å²) in [6, 6.07) is 8.34. The summed E-state index contributed by atoms with van der Waals surface area (Å²) in [6.45, 7) is 4.57. The molecule has 0 saturated carbocycles. The van der Waals surface area contributed by atoms with Gasteiger partial charge in [0.2, 0.25) is 0 Å². The normalized spacial score (nSPS) is 10.6. The van der Waals surface area contributed by atoms with Crippen LogP contribution in [0, 0.1) is 6.92 Å². The second-order valence-corrected chi connectivity index (χ2v) is 4.14. The summed E-state index contributed by atoms with van der Waals surface area (Å²) in [5.74, 6) is 1.76. The van der Waals surface area contributed by atoms with Gasteiger partial charge in [0.1, 0.15) is 11.5 Å². The van der Waals surface area contributed by atoms with Crippen LogP contribution in [0.25, 0.3) is 0 Å². The molecule has 0 bridgehead atoms. The molecule has 1 aromatic heterocycles. The zero-order chi connectivity index (χ0) is 13.0. The lowest BCUT2D eigenvalue weighted by Crippen LogP contribution is -1.95. The second kappa shape index (κ2) is 5.58. The predicted octanol–water partition coefficient (Wildman–Crippen LogP) is 2.75. The van der Waals surface area contributed by atoms with Gasteiger partial charge in [-0.2, -0.15) is 4.98 Å². The molecule has 0 saturated heterocycles. The Bertz CT molecular complexity index is 520. The topological polar surface area (TPSA) is 61.3 Å². The fourth-order valence-corrected chi connectivity index (χ4v) is 1.90. The van der Waals surface area contributed by atoms with Gasteiger partial charge >= 0.3 is 0 Å². The predicted molar refractivity (Wildman–Crippen MR) is 70.7 cm³/mol. The number of nitrogens with two attached hydrogens (primary N) is 1. The van der Waals surface area contributed by atoms with Gasteiger partial charge in [-0.3, -0.25) is 0 Å². The van der Waals surface area contributed by atoms with Crippen molar-refractivity contribution in [3.63, 3.8) is 0 Å². The molecule has 0 unspecified atom stereocenters. The van der Waals surface area contributed by atoms with Crippen LogP contribution in [0.1, 0.15) is 23.9 Å². The van der Waals surface area contributed by atoms with Crippen molar-refractivity contribution in [1.82, 2.24) is 4.98 Å². The number of aryl methyl sites for hydroxylation is 3. The molecule has 0 atom stereocenters. The lowest BCUT2D eigenvalue weighted by molar-refractivity contribution is 0.340. The first kappa shape index (κ1) is 12.5. The zero-order valence-corrected chi connectivity index (χ0v) is 10.8.